The molecule has 0 saturated heterocycles. The largest absolute Gasteiger partial charge is 0.494 e. The molecule has 0 aliphatic carbocycles. The van der Waals surface area contributed by atoms with E-state index in [1.165, 1.54) is 31.6 Å². The van der Waals surface area contributed by atoms with Gasteiger partial charge in [-0.15, -0.1) is 37.2 Å². The fourth-order valence-electron chi connectivity index (χ4n) is 5.37. The summed E-state index contributed by atoms with van der Waals surface area (Å²) >= 11 is 0. The van der Waals surface area contributed by atoms with Crippen LogP contribution in [0.1, 0.15) is 42.1 Å². The number of nitrogens with one attached hydrogen (secondary N) is 6. The maximum atomic E-state index is 14.9. The van der Waals surface area contributed by atoms with Gasteiger partial charge in [-0.2, -0.15) is 4.39 Å². The Morgan fingerprint density at radius 2 is 1.80 bits per heavy atom. The number of ether oxygens (including phenoxy) is 1. The van der Waals surface area contributed by atoms with Gasteiger partial charge in [0.05, 0.1) is 25.0 Å². The van der Waals surface area contributed by atoms with Gasteiger partial charge in [-0.05, 0) is 61.7 Å². The van der Waals surface area contributed by atoms with E-state index < -0.39 is 47.7 Å². The normalized spacial score (nSPS) is 12.0. The second-order valence-electron chi connectivity index (χ2n) is 11.7. The number of amides is 2. The Morgan fingerprint density at radius 3 is 2.45 bits per heavy atom. The van der Waals surface area contributed by atoms with Crippen LogP contribution in [0.4, 0.5) is 20.3 Å². The molecule has 0 bridgehead atoms. The highest BCUT2D eigenvalue weighted by molar-refractivity contribution is 5.96. The highest BCUT2D eigenvalue weighted by Gasteiger charge is 2.26. The van der Waals surface area contributed by atoms with E-state index >= 15 is 0 Å². The van der Waals surface area contributed by atoms with Crippen molar-refractivity contribution >= 4 is 84.4 Å². The molecule has 0 radical (unpaired) electrons. The van der Waals surface area contributed by atoms with Crippen molar-refractivity contribution in [3.05, 3.63) is 71.7 Å². The summed E-state index contributed by atoms with van der Waals surface area (Å²) in [7, 11) is 1.25. The number of fused-ring (bicyclic) bond motifs is 1. The smallest absolute Gasteiger partial charge is 0.303 e. The summed E-state index contributed by atoms with van der Waals surface area (Å²) in [5.74, 6) is -4.73. The highest BCUT2D eigenvalue weighted by atomic mass is 35.5. The van der Waals surface area contributed by atoms with Crippen molar-refractivity contribution in [2.24, 2.45) is 11.5 Å². The number of benzene rings is 2. The van der Waals surface area contributed by atoms with E-state index in [0.29, 0.717) is 47.5 Å². The summed E-state index contributed by atoms with van der Waals surface area (Å²) in [6.07, 6.45) is 4.34. The Labute approximate surface area is 338 Å². The van der Waals surface area contributed by atoms with Gasteiger partial charge in [0.2, 0.25) is 11.7 Å². The number of carboxylic acid groups (broad SMARTS) is 1. The van der Waals surface area contributed by atoms with Crippen LogP contribution < -0.4 is 42.8 Å². The molecule has 2 aromatic heterocycles. The monoisotopic (exact) mass is 845 g/mol. The minimum Gasteiger partial charge on any atom is -0.494 e. The number of hydrogen-bond acceptors (Lipinski definition) is 11. The number of nitrogens with zero attached hydrogens (tertiary/aromatic N) is 3. The first kappa shape index (κ1) is 48.7. The number of aromatic nitrogens is 3. The molecular formula is C34H44Cl3F2N11O6. The number of carbonyl (C=O) groups excluding carboxylic acids is 3. The molecule has 22 heteroatoms. The molecule has 4 rings (SSSR count). The first-order valence-corrected chi connectivity index (χ1v) is 16.5. The van der Waals surface area contributed by atoms with Gasteiger partial charge in [0.15, 0.2) is 29.0 Å². The van der Waals surface area contributed by atoms with Crippen molar-refractivity contribution in [1.29, 1.82) is 5.41 Å². The second kappa shape index (κ2) is 22.9. The number of halogens is 5. The maximum Gasteiger partial charge on any atom is 0.303 e. The number of anilines is 2. The average molecular weight is 847 g/mol. The van der Waals surface area contributed by atoms with Crippen LogP contribution in [-0.2, 0) is 20.8 Å². The first-order chi connectivity index (χ1) is 25.4. The molecule has 11 N–H and O–H groups in total. The van der Waals surface area contributed by atoms with Crippen LogP contribution >= 0.6 is 37.2 Å². The van der Waals surface area contributed by atoms with Gasteiger partial charge in [-0.1, -0.05) is 6.92 Å². The van der Waals surface area contributed by atoms with Crippen molar-refractivity contribution in [3.63, 3.8) is 0 Å². The zero-order valence-corrected chi connectivity index (χ0v) is 32.6. The number of hydrogen-bond donors (Lipinski definition) is 9. The van der Waals surface area contributed by atoms with E-state index in [4.69, 9.17) is 26.7 Å². The van der Waals surface area contributed by atoms with Crippen molar-refractivity contribution in [2.45, 2.75) is 50.9 Å². The van der Waals surface area contributed by atoms with Gasteiger partial charge in [-0.3, -0.25) is 29.5 Å². The van der Waals surface area contributed by atoms with E-state index in [0.717, 1.165) is 5.56 Å². The zero-order valence-electron chi connectivity index (χ0n) is 30.1. The SMILES string of the molecule is CCc1cc(Nc2nccn3c(-c4ccc(OC)c(F)c4F)cnc23)ccc1C(=O)NCCCN[C@@H](NC(=N)N)C(C=O)NC(=O)[C@@H](N)CCC(=O)O.Cl.Cl.Cl. The van der Waals surface area contributed by atoms with Gasteiger partial charge in [0.1, 0.15) is 18.5 Å². The molecular weight excluding hydrogens is 803 g/mol. The predicted octanol–water partition coefficient (Wildman–Crippen LogP) is 2.65. The van der Waals surface area contributed by atoms with Crippen molar-refractivity contribution in [2.75, 3.05) is 25.5 Å². The quantitative estimate of drug-likeness (QED) is 0.0216. The summed E-state index contributed by atoms with van der Waals surface area (Å²) in [6.45, 7) is 2.35. The third-order valence-electron chi connectivity index (χ3n) is 8.10. The number of carbonyl (C=O) groups is 4. The van der Waals surface area contributed by atoms with Crippen molar-refractivity contribution in [1.82, 2.24) is 35.6 Å². The van der Waals surface area contributed by atoms with Crippen molar-refractivity contribution in [3.8, 4) is 17.0 Å². The number of nitrogens with two attached hydrogens (primary N) is 2. The standard InChI is InChI=1S/C34H41F2N11O6.3ClH/c1-3-18-15-19(44-30-31-43-16-24(47(31)14-13-41-30)21-7-9-25(53-2)28(36)27(21)35)5-6-20(18)32(51)42-12-4-11-40-29(46-34(38)39)23(17-48)45-33(52)22(37)8-10-26(49)50;;;/h5-7,9,13-17,22-23,29,40H,3-4,8,10-12,37H2,1-2H3,(H,41,44)(H,42,51)(H,45,52)(H,49,50)(H4,38,39,46);3*1H/t22-,23?,29-;;;/m0.../s1. The Morgan fingerprint density at radius 1 is 1.07 bits per heavy atom. The fourth-order valence-corrected chi connectivity index (χ4v) is 5.37. The summed E-state index contributed by atoms with van der Waals surface area (Å²) in [6, 6.07) is 5.53. The Hall–Kier alpha value is -5.34. The van der Waals surface area contributed by atoms with Crippen LogP contribution in [0.3, 0.4) is 0 Å². The number of guanidine groups is 1. The minimum absolute atomic E-state index is 0. The van der Waals surface area contributed by atoms with Crippen LogP contribution in [0.15, 0.2) is 48.9 Å². The van der Waals surface area contributed by atoms with Gasteiger partial charge in [0, 0.05) is 42.2 Å². The van der Waals surface area contributed by atoms with Gasteiger partial charge >= 0.3 is 5.97 Å². The van der Waals surface area contributed by atoms with E-state index in [2.05, 4.69) is 36.6 Å². The number of aldehydes is 1. The summed E-state index contributed by atoms with van der Waals surface area (Å²) < 4.78 is 35.8. The Bertz CT molecular complexity index is 1990. The van der Waals surface area contributed by atoms with Crippen LogP contribution in [-0.4, -0.2) is 88.0 Å². The molecule has 1 unspecified atom stereocenters. The van der Waals surface area contributed by atoms with Gasteiger partial charge in [0.25, 0.3) is 5.91 Å². The lowest BCUT2D eigenvalue weighted by Crippen LogP contribution is -2.62. The van der Waals surface area contributed by atoms with Crippen LogP contribution in [0.2, 0.25) is 0 Å². The lowest BCUT2D eigenvalue weighted by atomic mass is 10.0. The molecule has 2 aromatic carbocycles. The first-order valence-electron chi connectivity index (χ1n) is 16.5. The molecule has 17 nitrogen and oxygen atoms in total. The number of aryl methyl sites for hydroxylation is 1. The molecule has 3 atom stereocenters. The summed E-state index contributed by atoms with van der Waals surface area (Å²) in [5, 5.41) is 30.4. The summed E-state index contributed by atoms with van der Waals surface area (Å²) in [4.78, 5) is 56.8. The number of imidazole rings is 1. The molecule has 0 spiro atoms. The van der Waals surface area contributed by atoms with Crippen LogP contribution in [0, 0.1) is 17.0 Å². The number of carboxylic acids is 1. The van der Waals surface area contributed by atoms with E-state index in [1.807, 2.05) is 6.92 Å². The van der Waals surface area contributed by atoms with Crippen LogP contribution in [0.5, 0.6) is 5.75 Å². The fraction of sp³-hybridized carbons (Fsp3) is 0.324. The lowest BCUT2D eigenvalue weighted by molar-refractivity contribution is -0.137. The molecule has 0 aliphatic rings. The topological polar surface area (TPSA) is 264 Å². The average Bonchev–Trinajstić information content (AvgIpc) is 3.57. The number of methoxy groups -OCH3 is 1. The number of aliphatic carboxylic acids is 1. The van der Waals surface area contributed by atoms with Crippen molar-refractivity contribution < 1.29 is 37.8 Å². The molecule has 0 fully saturated rings. The zero-order chi connectivity index (χ0) is 38.7. The van der Waals surface area contributed by atoms with E-state index in [-0.39, 0.29) is 80.4 Å². The second-order valence-corrected chi connectivity index (χ2v) is 11.7. The highest BCUT2D eigenvalue weighted by Crippen LogP contribution is 2.31. The third-order valence-corrected chi connectivity index (χ3v) is 8.10. The molecule has 2 amide bonds. The lowest BCUT2D eigenvalue weighted by Gasteiger charge is -2.27. The van der Waals surface area contributed by atoms with Gasteiger partial charge < -0.3 is 47.4 Å². The molecule has 0 aliphatic heterocycles. The van der Waals surface area contributed by atoms with E-state index in [9.17, 15) is 28.0 Å². The minimum atomic E-state index is -1.20. The summed E-state index contributed by atoms with van der Waals surface area (Å²) in [5.41, 5.74) is 13.6. The predicted molar refractivity (Wildman–Crippen MR) is 212 cm³/mol. The van der Waals surface area contributed by atoms with Gasteiger partial charge in [-0.25, -0.2) is 14.4 Å². The molecule has 2 heterocycles. The Kier molecular flexibility index (Phi) is 19.9. The Balaban J connectivity index is 0.00000523. The molecule has 56 heavy (non-hydrogen) atoms. The molecule has 0 saturated carbocycles. The molecule has 4 aromatic rings. The maximum absolute atomic E-state index is 14.9. The third kappa shape index (κ3) is 12.3. The van der Waals surface area contributed by atoms with Crippen LogP contribution in [0.25, 0.3) is 16.9 Å². The van der Waals surface area contributed by atoms with E-state index in [1.54, 1.807) is 28.8 Å². The number of rotatable bonds is 19. The molecule has 306 valence electrons.